The van der Waals surface area contributed by atoms with E-state index in [4.69, 9.17) is 4.74 Å². The smallest absolute Gasteiger partial charge is 0.194 e. The monoisotopic (exact) mass is 527 g/mol. The zero-order valence-corrected chi connectivity index (χ0v) is 22.7. The molecule has 2 unspecified atom stereocenters. The van der Waals surface area contributed by atoms with Gasteiger partial charge in [0.1, 0.15) is 18.2 Å². The number of hydrogen-bond donors (Lipinski definition) is 0. The maximum absolute atomic E-state index is 14.5. The Labute approximate surface area is 227 Å². The van der Waals surface area contributed by atoms with Gasteiger partial charge in [0, 0.05) is 67.6 Å². The molecule has 0 aliphatic carbocycles. The van der Waals surface area contributed by atoms with Gasteiger partial charge in [-0.25, -0.2) is 4.39 Å². The first-order chi connectivity index (χ1) is 18.9. The van der Waals surface area contributed by atoms with Gasteiger partial charge < -0.3 is 14.2 Å². The van der Waals surface area contributed by atoms with Crippen molar-refractivity contribution in [2.75, 3.05) is 24.6 Å². The highest BCUT2D eigenvalue weighted by Gasteiger charge is 2.28. The second-order valence-corrected chi connectivity index (χ2v) is 11.0. The molecule has 0 amide bonds. The Balaban J connectivity index is 1.38. The van der Waals surface area contributed by atoms with Crippen LogP contribution in [0.25, 0.3) is 10.9 Å². The zero-order valence-electron chi connectivity index (χ0n) is 22.7. The van der Waals surface area contributed by atoms with Crippen molar-refractivity contribution >= 4 is 16.6 Å². The Hall–Kier alpha value is -3.78. The number of aryl methyl sites for hydroxylation is 2. The molecule has 2 aliphatic heterocycles. The van der Waals surface area contributed by atoms with E-state index in [0.717, 1.165) is 48.6 Å². The second-order valence-electron chi connectivity index (χ2n) is 11.0. The highest BCUT2D eigenvalue weighted by molar-refractivity contribution is 5.86. The fraction of sp³-hybridized carbons (Fsp3) is 0.387. The summed E-state index contributed by atoms with van der Waals surface area (Å²) in [4.78, 5) is 27.5. The van der Waals surface area contributed by atoms with Gasteiger partial charge in [-0.3, -0.25) is 19.7 Å². The molecule has 0 radical (unpaired) electrons. The summed E-state index contributed by atoms with van der Waals surface area (Å²) in [6.07, 6.45) is 7.84. The molecule has 1 saturated heterocycles. The second kappa shape index (κ2) is 10.4. The van der Waals surface area contributed by atoms with Gasteiger partial charge in [0.15, 0.2) is 5.43 Å². The molecule has 0 saturated carbocycles. The van der Waals surface area contributed by atoms with Crippen molar-refractivity contribution in [1.82, 2.24) is 19.4 Å². The number of anilines is 1. The minimum absolute atomic E-state index is 0.0420. The Morgan fingerprint density at radius 2 is 1.97 bits per heavy atom. The molecule has 6 rings (SSSR count). The molecule has 0 bridgehead atoms. The molecule has 2 aliphatic rings. The molecule has 202 valence electrons. The third-order valence-electron chi connectivity index (χ3n) is 7.98. The van der Waals surface area contributed by atoms with Crippen molar-refractivity contribution in [3.63, 3.8) is 0 Å². The Kier molecular flexibility index (Phi) is 6.81. The van der Waals surface area contributed by atoms with Gasteiger partial charge in [-0.1, -0.05) is 0 Å². The van der Waals surface area contributed by atoms with E-state index in [1.54, 1.807) is 0 Å². The van der Waals surface area contributed by atoms with Gasteiger partial charge in [-0.2, -0.15) is 0 Å². The van der Waals surface area contributed by atoms with Crippen LogP contribution in [0.1, 0.15) is 48.3 Å². The molecule has 3 aromatic heterocycles. The number of pyridine rings is 3. The predicted molar refractivity (Wildman–Crippen MR) is 151 cm³/mol. The molecule has 1 aromatic carbocycles. The molecule has 39 heavy (non-hydrogen) atoms. The van der Waals surface area contributed by atoms with E-state index in [1.807, 2.05) is 38.5 Å². The van der Waals surface area contributed by atoms with Gasteiger partial charge in [-0.15, -0.1) is 0 Å². The quantitative estimate of drug-likeness (QED) is 0.345. The molecule has 0 spiro atoms. The van der Waals surface area contributed by atoms with Gasteiger partial charge in [0.05, 0.1) is 28.8 Å². The van der Waals surface area contributed by atoms with Crippen LogP contribution >= 0.6 is 0 Å². The van der Waals surface area contributed by atoms with E-state index in [-0.39, 0.29) is 17.5 Å². The van der Waals surface area contributed by atoms with Crippen molar-refractivity contribution in [2.24, 2.45) is 0 Å². The van der Waals surface area contributed by atoms with Gasteiger partial charge in [0.25, 0.3) is 0 Å². The first kappa shape index (κ1) is 25.5. The van der Waals surface area contributed by atoms with Gasteiger partial charge in [-0.05, 0) is 69.5 Å². The van der Waals surface area contributed by atoms with Crippen LogP contribution in [0.5, 0.6) is 5.75 Å². The van der Waals surface area contributed by atoms with Crippen LogP contribution < -0.4 is 15.1 Å². The number of piperidine rings is 1. The number of ether oxygens (including phenoxy) is 1. The van der Waals surface area contributed by atoms with Crippen LogP contribution in [0.3, 0.4) is 0 Å². The molecule has 7 nitrogen and oxygen atoms in total. The van der Waals surface area contributed by atoms with Gasteiger partial charge in [0.2, 0.25) is 0 Å². The van der Waals surface area contributed by atoms with Crippen LogP contribution in [0, 0.1) is 19.7 Å². The number of hydrogen-bond acceptors (Lipinski definition) is 6. The van der Waals surface area contributed by atoms with Crippen LogP contribution in [0.2, 0.25) is 0 Å². The van der Waals surface area contributed by atoms with Crippen LogP contribution in [0.15, 0.2) is 59.8 Å². The maximum atomic E-state index is 14.5. The summed E-state index contributed by atoms with van der Waals surface area (Å²) >= 11 is 0. The summed E-state index contributed by atoms with van der Waals surface area (Å²) in [5.41, 5.74) is 5.47. The van der Waals surface area contributed by atoms with Crippen molar-refractivity contribution in [3.8, 4) is 5.75 Å². The summed E-state index contributed by atoms with van der Waals surface area (Å²) in [7, 11) is 0. The third-order valence-corrected chi connectivity index (χ3v) is 7.98. The molecule has 4 aromatic rings. The van der Waals surface area contributed by atoms with E-state index < -0.39 is 5.82 Å². The first-order valence-electron chi connectivity index (χ1n) is 13.7. The van der Waals surface area contributed by atoms with Crippen molar-refractivity contribution < 1.29 is 9.13 Å². The average Bonchev–Trinajstić information content (AvgIpc) is 2.93. The van der Waals surface area contributed by atoms with E-state index in [9.17, 15) is 9.18 Å². The van der Waals surface area contributed by atoms with Crippen molar-refractivity contribution in [2.45, 2.75) is 58.8 Å². The minimum Gasteiger partial charge on any atom is -0.489 e. The minimum atomic E-state index is -0.452. The number of halogens is 1. The highest BCUT2D eigenvalue weighted by atomic mass is 19.1. The lowest BCUT2D eigenvalue weighted by atomic mass is 10.0. The normalized spacial score (nSPS) is 18.9. The molecular formula is C31H34FN5O2. The standard InChI is InChI=1S/C31H34FN5O2/c1-20-6-7-26(14-34-20)35-10-4-5-27(18-35)36(15-23-8-9-33-21(2)11-23)16-24-17-37-22(3)19-39-29-13-25(32)12-28(30(29)37)31(24)38/h6-9,11-14,17,22,27H,4-5,10,15-16,18-19H2,1-3H3. The molecule has 8 heteroatoms. The zero-order chi connectivity index (χ0) is 27.1. The summed E-state index contributed by atoms with van der Waals surface area (Å²) in [6.45, 7) is 9.49. The molecule has 0 N–H and O–H groups in total. The van der Waals surface area contributed by atoms with E-state index in [0.29, 0.717) is 41.9 Å². The fourth-order valence-corrected chi connectivity index (χ4v) is 5.94. The molecule has 5 heterocycles. The van der Waals surface area contributed by atoms with E-state index >= 15 is 0 Å². The Morgan fingerprint density at radius 1 is 1.10 bits per heavy atom. The lowest BCUT2D eigenvalue weighted by Gasteiger charge is -2.40. The topological polar surface area (TPSA) is 63.5 Å². The SMILES string of the molecule is Cc1ccc(N2CCCC(N(Cc3ccnc(C)c3)Cc3cn4c5c(cc(F)cc5c3=O)OCC4C)C2)cn1. The number of rotatable bonds is 6. The molecule has 2 atom stereocenters. The summed E-state index contributed by atoms with van der Waals surface area (Å²) in [5.74, 6) is -0.0166. The number of benzene rings is 1. The van der Waals surface area contributed by atoms with Crippen LogP contribution in [-0.4, -0.2) is 45.2 Å². The first-order valence-corrected chi connectivity index (χ1v) is 13.7. The highest BCUT2D eigenvalue weighted by Crippen LogP contribution is 2.33. The summed E-state index contributed by atoms with van der Waals surface area (Å²) < 4.78 is 22.4. The van der Waals surface area contributed by atoms with E-state index in [2.05, 4.69) is 49.5 Å². The number of aromatic nitrogens is 3. The lowest BCUT2D eigenvalue weighted by molar-refractivity contribution is 0.157. The Bertz CT molecular complexity index is 1570. The van der Waals surface area contributed by atoms with E-state index in [1.165, 1.54) is 12.1 Å². The fourth-order valence-electron chi connectivity index (χ4n) is 5.94. The third kappa shape index (κ3) is 5.13. The van der Waals surface area contributed by atoms with Gasteiger partial charge >= 0.3 is 0 Å². The van der Waals surface area contributed by atoms with Crippen LogP contribution in [0.4, 0.5) is 10.1 Å². The Morgan fingerprint density at radius 3 is 2.77 bits per heavy atom. The lowest BCUT2D eigenvalue weighted by Crippen LogP contribution is -2.48. The predicted octanol–water partition coefficient (Wildman–Crippen LogP) is 5.17. The largest absolute Gasteiger partial charge is 0.489 e. The summed E-state index contributed by atoms with van der Waals surface area (Å²) in [5, 5.41) is 0.379. The average molecular weight is 528 g/mol. The van der Waals surface area contributed by atoms with Crippen molar-refractivity contribution in [1.29, 1.82) is 0 Å². The number of nitrogens with zero attached hydrogens (tertiary/aromatic N) is 5. The van der Waals surface area contributed by atoms with Crippen molar-refractivity contribution in [3.05, 3.63) is 93.5 Å². The molecular weight excluding hydrogens is 493 g/mol. The van der Waals surface area contributed by atoms with Crippen LogP contribution in [-0.2, 0) is 13.1 Å². The summed E-state index contributed by atoms with van der Waals surface area (Å²) in [6, 6.07) is 11.3. The maximum Gasteiger partial charge on any atom is 0.194 e. The molecule has 1 fully saturated rings.